The third kappa shape index (κ3) is 3.60. The van der Waals surface area contributed by atoms with E-state index < -0.39 is 14.4 Å². The lowest BCUT2D eigenvalue weighted by atomic mass is 9.95. The van der Waals surface area contributed by atoms with Gasteiger partial charge in [-0.2, -0.15) is 0 Å². The second-order valence-corrected chi connectivity index (χ2v) is 11.5. The Labute approximate surface area is 164 Å². The monoisotopic (exact) mass is 378 g/mol. The van der Waals surface area contributed by atoms with E-state index in [-0.39, 0.29) is 11.5 Å². The van der Waals surface area contributed by atoms with Gasteiger partial charge >= 0.3 is 0 Å². The summed E-state index contributed by atoms with van der Waals surface area (Å²) in [7, 11) is -2.65. The Balaban J connectivity index is 2.31. The summed E-state index contributed by atoms with van der Waals surface area (Å²) < 4.78 is 6.95. The van der Waals surface area contributed by atoms with E-state index in [9.17, 15) is 5.11 Å². The number of aliphatic hydroxyl groups excluding tert-OH is 1. The van der Waals surface area contributed by atoms with Crippen LogP contribution >= 0.6 is 0 Å². The standard InChI is InChI=1S/C24H30O2Si/c1-6-18(2)23(25)19(3)22-17-24(4,5)26-27(22,20-13-9-7-10-14-20)21-15-11-8-12-16-21/h6-16,18,23,25H,1,17H2,2-5H3/t18-,23-/m0/s1. The first kappa shape index (κ1) is 19.8. The summed E-state index contributed by atoms with van der Waals surface area (Å²) >= 11 is 0. The normalized spacial score (nSPS) is 22.1. The second-order valence-electron chi connectivity index (χ2n) is 8.15. The molecule has 0 bridgehead atoms. The third-order valence-corrected chi connectivity index (χ3v) is 10.2. The Bertz CT molecular complexity index is 784. The molecule has 0 spiro atoms. The van der Waals surface area contributed by atoms with Crippen molar-refractivity contribution in [3.8, 4) is 0 Å². The van der Waals surface area contributed by atoms with Crippen LogP contribution in [0.25, 0.3) is 0 Å². The van der Waals surface area contributed by atoms with Crippen LogP contribution in [0, 0.1) is 5.92 Å². The van der Waals surface area contributed by atoms with E-state index in [0.29, 0.717) is 0 Å². The molecule has 1 heterocycles. The molecule has 0 unspecified atom stereocenters. The van der Waals surface area contributed by atoms with Gasteiger partial charge in [-0.1, -0.05) is 73.7 Å². The molecule has 0 amide bonds. The van der Waals surface area contributed by atoms with Crippen LogP contribution in [0.15, 0.2) is 84.1 Å². The molecule has 0 aliphatic carbocycles. The number of hydrogen-bond donors (Lipinski definition) is 1. The Morgan fingerprint density at radius 1 is 1.07 bits per heavy atom. The van der Waals surface area contributed by atoms with Gasteiger partial charge in [-0.3, -0.25) is 0 Å². The Morgan fingerprint density at radius 2 is 1.56 bits per heavy atom. The highest BCUT2D eigenvalue weighted by atomic mass is 28.4. The first-order valence-electron chi connectivity index (χ1n) is 9.64. The van der Waals surface area contributed by atoms with E-state index in [4.69, 9.17) is 4.43 Å². The van der Waals surface area contributed by atoms with Gasteiger partial charge in [0, 0.05) is 5.92 Å². The van der Waals surface area contributed by atoms with Crippen molar-refractivity contribution in [1.82, 2.24) is 0 Å². The van der Waals surface area contributed by atoms with Crippen molar-refractivity contribution in [2.45, 2.75) is 45.8 Å². The van der Waals surface area contributed by atoms with Crippen LogP contribution in [0.4, 0.5) is 0 Å². The van der Waals surface area contributed by atoms with Gasteiger partial charge in [-0.05, 0) is 48.3 Å². The Hall–Kier alpha value is -1.94. The summed E-state index contributed by atoms with van der Waals surface area (Å²) in [6.45, 7) is 12.3. The molecule has 1 aliphatic rings. The lowest BCUT2D eigenvalue weighted by Crippen LogP contribution is -2.61. The average molecular weight is 379 g/mol. The molecule has 3 rings (SSSR count). The average Bonchev–Trinajstić information content (AvgIpc) is 3.00. The summed E-state index contributed by atoms with van der Waals surface area (Å²) in [5, 5.41) is 14.7. The SMILES string of the molecule is C=C[C@H](C)[C@H](O)C(C)=C1CC(C)(C)O[Si]1(c1ccccc1)c1ccccc1. The maximum atomic E-state index is 11.0. The molecule has 2 atom stereocenters. The van der Waals surface area contributed by atoms with Crippen molar-refractivity contribution in [3.63, 3.8) is 0 Å². The fraction of sp³-hybridized carbons (Fsp3) is 0.333. The van der Waals surface area contributed by atoms with E-state index in [2.05, 4.69) is 75.9 Å². The summed E-state index contributed by atoms with van der Waals surface area (Å²) in [6, 6.07) is 21.1. The molecular weight excluding hydrogens is 348 g/mol. The van der Waals surface area contributed by atoms with Crippen LogP contribution < -0.4 is 10.4 Å². The summed E-state index contributed by atoms with van der Waals surface area (Å²) in [5.74, 6) is -0.000501. The van der Waals surface area contributed by atoms with Gasteiger partial charge in [-0.15, -0.1) is 6.58 Å². The largest absolute Gasteiger partial charge is 0.399 e. The third-order valence-electron chi connectivity index (χ3n) is 5.61. The summed E-state index contributed by atoms with van der Waals surface area (Å²) in [4.78, 5) is 0. The van der Waals surface area contributed by atoms with E-state index in [1.807, 2.05) is 25.1 Å². The molecular formula is C24H30O2Si. The molecule has 0 radical (unpaired) electrons. The molecule has 2 nitrogen and oxygen atoms in total. The van der Waals surface area contributed by atoms with E-state index >= 15 is 0 Å². The quantitative estimate of drug-likeness (QED) is 0.630. The predicted octanol–water partition coefficient (Wildman–Crippen LogP) is 3.98. The maximum absolute atomic E-state index is 11.0. The highest BCUT2D eigenvalue weighted by molar-refractivity contribution is 7.03. The highest BCUT2D eigenvalue weighted by Gasteiger charge is 2.54. The molecule has 2 aromatic rings. The van der Waals surface area contributed by atoms with Crippen molar-refractivity contribution >= 4 is 18.7 Å². The molecule has 1 N–H and O–H groups in total. The Morgan fingerprint density at radius 3 is 2.00 bits per heavy atom. The number of aliphatic hydroxyl groups is 1. The summed E-state index contributed by atoms with van der Waals surface area (Å²) in [5.41, 5.74) is 0.762. The van der Waals surface area contributed by atoms with Gasteiger partial charge in [-0.25, -0.2) is 0 Å². The zero-order valence-corrected chi connectivity index (χ0v) is 17.8. The highest BCUT2D eigenvalue weighted by Crippen LogP contribution is 2.41. The number of rotatable bonds is 5. The number of benzene rings is 2. The smallest absolute Gasteiger partial charge is 0.284 e. The van der Waals surface area contributed by atoms with Gasteiger partial charge in [0.25, 0.3) is 8.32 Å². The molecule has 27 heavy (non-hydrogen) atoms. The van der Waals surface area contributed by atoms with Crippen LogP contribution in [0.2, 0.25) is 0 Å². The minimum Gasteiger partial charge on any atom is -0.399 e. The van der Waals surface area contributed by atoms with E-state index in [1.165, 1.54) is 15.6 Å². The van der Waals surface area contributed by atoms with Gasteiger partial charge in [0.1, 0.15) is 0 Å². The minimum absolute atomic E-state index is 0.000501. The predicted molar refractivity (Wildman–Crippen MR) is 116 cm³/mol. The fourth-order valence-electron chi connectivity index (χ4n) is 4.16. The van der Waals surface area contributed by atoms with Crippen LogP contribution in [-0.2, 0) is 4.43 Å². The topological polar surface area (TPSA) is 29.5 Å². The van der Waals surface area contributed by atoms with Gasteiger partial charge in [0.15, 0.2) is 0 Å². The van der Waals surface area contributed by atoms with Crippen molar-refractivity contribution in [2.24, 2.45) is 5.92 Å². The summed E-state index contributed by atoms with van der Waals surface area (Å²) in [6.07, 6.45) is 2.11. The van der Waals surface area contributed by atoms with Crippen molar-refractivity contribution in [1.29, 1.82) is 0 Å². The first-order chi connectivity index (χ1) is 12.8. The second kappa shape index (κ2) is 7.59. The van der Waals surface area contributed by atoms with Gasteiger partial charge < -0.3 is 9.53 Å². The lowest BCUT2D eigenvalue weighted by Gasteiger charge is -2.33. The van der Waals surface area contributed by atoms with Crippen molar-refractivity contribution in [3.05, 3.63) is 84.1 Å². The first-order valence-corrected chi connectivity index (χ1v) is 11.5. The van der Waals surface area contributed by atoms with Crippen LogP contribution in [0.5, 0.6) is 0 Å². The van der Waals surface area contributed by atoms with Crippen molar-refractivity contribution in [2.75, 3.05) is 0 Å². The molecule has 0 aromatic heterocycles. The van der Waals surface area contributed by atoms with Crippen LogP contribution in [0.3, 0.4) is 0 Å². The molecule has 1 aliphatic heterocycles. The molecule has 1 fully saturated rings. The zero-order valence-electron chi connectivity index (χ0n) is 16.8. The van der Waals surface area contributed by atoms with Gasteiger partial charge in [0.05, 0.1) is 11.7 Å². The van der Waals surface area contributed by atoms with Gasteiger partial charge in [0.2, 0.25) is 0 Å². The van der Waals surface area contributed by atoms with Crippen LogP contribution in [0.1, 0.15) is 34.1 Å². The maximum Gasteiger partial charge on any atom is 0.284 e. The van der Waals surface area contributed by atoms with Crippen LogP contribution in [-0.4, -0.2) is 25.1 Å². The fourth-order valence-corrected chi connectivity index (χ4v) is 9.15. The minimum atomic E-state index is -2.65. The molecule has 3 heteroatoms. The Kier molecular flexibility index (Phi) is 5.57. The van der Waals surface area contributed by atoms with E-state index in [0.717, 1.165) is 12.0 Å². The van der Waals surface area contributed by atoms with Crippen molar-refractivity contribution < 1.29 is 9.53 Å². The molecule has 1 saturated heterocycles. The zero-order chi connectivity index (χ0) is 19.7. The molecule has 0 saturated carbocycles. The molecule has 2 aromatic carbocycles. The lowest BCUT2D eigenvalue weighted by molar-refractivity contribution is 0.133. The number of hydrogen-bond acceptors (Lipinski definition) is 2. The van der Waals surface area contributed by atoms with E-state index in [1.54, 1.807) is 0 Å². The molecule has 142 valence electrons.